The molecule has 6 rings (SSSR count). The number of alkyl halides is 2. The van der Waals surface area contributed by atoms with Crippen LogP contribution in [0.5, 0.6) is 0 Å². The second-order valence-electron chi connectivity index (χ2n) is 15.1. The first-order valence-electron chi connectivity index (χ1n) is 17.5. The lowest BCUT2D eigenvalue weighted by Crippen LogP contribution is -2.80. The van der Waals surface area contributed by atoms with Crippen molar-refractivity contribution in [3.05, 3.63) is 12.7 Å². The van der Waals surface area contributed by atoms with Crippen LogP contribution in [0.15, 0.2) is 12.7 Å². The maximum atomic E-state index is 16.6. The minimum absolute atomic E-state index is 0.0767. The smallest absolute Gasteiger partial charge is 0.320 e. The molecule has 2 bridgehead atoms. The highest BCUT2D eigenvalue weighted by Crippen LogP contribution is 2.44. The van der Waals surface area contributed by atoms with Gasteiger partial charge in [-0.25, -0.2) is 13.6 Å². The summed E-state index contributed by atoms with van der Waals surface area (Å²) in [6.45, 7) is 13.1. The molecule has 0 spiro atoms. The van der Waals surface area contributed by atoms with E-state index >= 15 is 8.78 Å². The summed E-state index contributed by atoms with van der Waals surface area (Å²) < 4.78 is 38.6. The van der Waals surface area contributed by atoms with Gasteiger partial charge in [0.15, 0.2) is 0 Å². The largest absolute Gasteiger partial charge is 0.390 e. The summed E-state index contributed by atoms with van der Waals surface area (Å²) in [5.41, 5.74) is 0. The predicted molar refractivity (Wildman–Crippen MR) is 168 cm³/mol. The van der Waals surface area contributed by atoms with Gasteiger partial charge >= 0.3 is 6.03 Å². The van der Waals surface area contributed by atoms with Crippen LogP contribution in [0.2, 0.25) is 0 Å². The average Bonchev–Trinajstić information content (AvgIpc) is 3.03. The van der Waals surface area contributed by atoms with Crippen LogP contribution < -0.4 is 16.0 Å². The van der Waals surface area contributed by atoms with Gasteiger partial charge in [0.1, 0.15) is 18.4 Å². The zero-order valence-corrected chi connectivity index (χ0v) is 27.6. The Hall–Kier alpha value is -1.90. The molecular formula is C33H54F2N6O5. The summed E-state index contributed by atoms with van der Waals surface area (Å²) in [4.78, 5) is 32.8. The molecular weight excluding hydrogens is 598 g/mol. The maximum absolute atomic E-state index is 16.6. The third-order valence-electron chi connectivity index (χ3n) is 12.0. The zero-order chi connectivity index (χ0) is 33.0. The number of halogens is 2. The number of piperazine rings is 1. The lowest BCUT2D eigenvalue weighted by atomic mass is 9.71. The van der Waals surface area contributed by atoms with Crippen LogP contribution in [0.1, 0.15) is 59.8 Å². The molecule has 11 nitrogen and oxygen atoms in total. The van der Waals surface area contributed by atoms with Gasteiger partial charge in [0, 0.05) is 55.0 Å². The molecule has 0 aromatic carbocycles. The van der Waals surface area contributed by atoms with Gasteiger partial charge in [0.05, 0.1) is 37.2 Å². The van der Waals surface area contributed by atoms with Crippen LogP contribution in [-0.2, 0) is 9.53 Å². The Balaban J connectivity index is 1.42. The Morgan fingerprint density at radius 2 is 1.83 bits per heavy atom. The fraction of sp³-hybridized carbons (Fsp3) is 0.879. The van der Waals surface area contributed by atoms with Crippen LogP contribution in [0.25, 0.3) is 0 Å². The molecule has 1 saturated carbocycles. The SMILES string of the molecule is C=CC(=O)N1C[C@H](C)N(C2NC(=O)N3C4NC(C(F)CC42)C2C(F)CCCC2OCC(O)C(O)C2CCNC(C(C)C)C23)C[C@H]1C. The number of carbonyl (C=O) groups is 2. The van der Waals surface area contributed by atoms with E-state index in [4.69, 9.17) is 4.74 Å². The van der Waals surface area contributed by atoms with Gasteiger partial charge in [-0.3, -0.25) is 15.0 Å². The van der Waals surface area contributed by atoms with Crippen LogP contribution in [0.3, 0.4) is 0 Å². The van der Waals surface area contributed by atoms with Gasteiger partial charge in [-0.05, 0) is 64.5 Å². The Morgan fingerprint density at radius 3 is 2.54 bits per heavy atom. The first-order chi connectivity index (χ1) is 21.9. The van der Waals surface area contributed by atoms with E-state index < -0.39 is 72.8 Å². The van der Waals surface area contributed by atoms with Gasteiger partial charge in [-0.15, -0.1) is 0 Å². The number of nitrogens with one attached hydrogen (secondary N) is 3. The van der Waals surface area contributed by atoms with Crippen LogP contribution >= 0.6 is 0 Å². The molecule has 6 fully saturated rings. The van der Waals surface area contributed by atoms with Crippen molar-refractivity contribution in [2.24, 2.45) is 23.7 Å². The molecule has 1 aliphatic carbocycles. The normalized spacial score (nSPS) is 47.2. The third-order valence-corrected chi connectivity index (χ3v) is 12.0. The number of nitrogens with zero attached hydrogens (tertiary/aromatic N) is 3. The molecule has 5 aliphatic heterocycles. The molecule has 5 saturated heterocycles. The molecule has 5 heterocycles. The average molecular weight is 653 g/mol. The molecule has 13 unspecified atom stereocenters. The lowest BCUT2D eigenvalue weighted by Gasteiger charge is -2.61. The number of piperidine rings is 2. The van der Waals surface area contributed by atoms with Gasteiger partial charge in [-0.2, -0.15) is 0 Å². The number of urea groups is 1. The second-order valence-corrected chi connectivity index (χ2v) is 15.1. The Morgan fingerprint density at radius 1 is 1.07 bits per heavy atom. The first-order valence-corrected chi connectivity index (χ1v) is 17.5. The first kappa shape index (κ1) is 34.0. The monoisotopic (exact) mass is 652 g/mol. The topological polar surface area (TPSA) is 130 Å². The van der Waals surface area contributed by atoms with E-state index in [2.05, 4.69) is 41.3 Å². The third kappa shape index (κ3) is 5.97. The molecule has 6 aliphatic rings. The molecule has 3 amide bonds. The van der Waals surface area contributed by atoms with Crippen molar-refractivity contribution in [3.8, 4) is 0 Å². The van der Waals surface area contributed by atoms with E-state index in [9.17, 15) is 19.8 Å². The summed E-state index contributed by atoms with van der Waals surface area (Å²) in [5.74, 6) is -1.76. The lowest BCUT2D eigenvalue weighted by molar-refractivity contribution is -0.157. The summed E-state index contributed by atoms with van der Waals surface area (Å²) in [7, 11) is 0. The highest BCUT2D eigenvalue weighted by atomic mass is 19.1. The van der Waals surface area contributed by atoms with Crippen LogP contribution in [0.4, 0.5) is 13.6 Å². The Labute approximate surface area is 271 Å². The Kier molecular flexibility index (Phi) is 10.0. The van der Waals surface area contributed by atoms with E-state index in [0.717, 1.165) is 0 Å². The molecule has 260 valence electrons. The van der Waals surface area contributed by atoms with Gasteiger partial charge < -0.3 is 35.4 Å². The molecule has 0 radical (unpaired) electrons. The standard InChI is InChI=1S/C33H54F2N6O5/c1-6-25(43)39-13-18(5)40(14-17(39)4)31-20-12-22(35)28-26-21(34)8-7-9-24(26)46-15-23(42)30(44)19-10-11-36-27(16(2)3)29(19)41(32(20)37-28)33(45)38-31/h6,16-24,26-32,36-37,42,44H,1,7-15H2,2-5H3,(H,38,45)/t17-,18+,19?,20?,21?,22?,23?,24?,26?,27?,28?,29?,30?,31?,32?/m1/s1. The molecule has 5 N–H and O–H groups in total. The van der Waals surface area contributed by atoms with Crippen molar-refractivity contribution in [1.29, 1.82) is 0 Å². The van der Waals surface area contributed by atoms with Crippen LogP contribution in [0, 0.1) is 23.7 Å². The van der Waals surface area contributed by atoms with Crippen molar-refractivity contribution in [2.75, 3.05) is 26.2 Å². The number of ether oxygens (including phenoxy) is 1. The van der Waals surface area contributed by atoms with Crippen molar-refractivity contribution >= 4 is 11.9 Å². The number of hydrogen-bond donors (Lipinski definition) is 5. The quantitative estimate of drug-likeness (QED) is 0.289. The number of aliphatic hydroxyl groups is 2. The fourth-order valence-corrected chi connectivity index (χ4v) is 9.70. The number of carbonyl (C=O) groups excluding carboxylic acids is 2. The van der Waals surface area contributed by atoms with Crippen molar-refractivity contribution < 1.29 is 33.3 Å². The van der Waals surface area contributed by atoms with E-state index in [1.807, 2.05) is 13.8 Å². The Bertz CT molecular complexity index is 1140. The van der Waals surface area contributed by atoms with E-state index in [1.165, 1.54) is 6.08 Å². The number of amides is 3. The number of fused-ring (bicyclic) bond motifs is 5. The zero-order valence-electron chi connectivity index (χ0n) is 27.6. The van der Waals surface area contributed by atoms with E-state index in [-0.39, 0.29) is 49.0 Å². The fourth-order valence-electron chi connectivity index (χ4n) is 9.70. The highest BCUT2D eigenvalue weighted by molar-refractivity contribution is 5.87. The summed E-state index contributed by atoms with van der Waals surface area (Å²) in [6.07, 6.45) is -3.55. The predicted octanol–water partition coefficient (Wildman–Crippen LogP) is 1.35. The summed E-state index contributed by atoms with van der Waals surface area (Å²) in [5, 5.41) is 33.2. The molecule has 0 aromatic rings. The minimum Gasteiger partial charge on any atom is -0.390 e. The van der Waals surface area contributed by atoms with Crippen molar-refractivity contribution in [3.63, 3.8) is 0 Å². The number of aliphatic hydroxyl groups excluding tert-OH is 2. The van der Waals surface area contributed by atoms with Crippen LogP contribution in [-0.4, -0.2) is 136 Å². The molecule has 13 heteroatoms. The number of rotatable bonds is 3. The van der Waals surface area contributed by atoms with E-state index in [1.54, 1.807) is 9.80 Å². The summed E-state index contributed by atoms with van der Waals surface area (Å²) in [6, 6.07) is -2.25. The van der Waals surface area contributed by atoms with Crippen molar-refractivity contribution in [2.45, 2.75) is 133 Å². The van der Waals surface area contributed by atoms with E-state index in [0.29, 0.717) is 45.3 Å². The minimum atomic E-state index is -1.40. The highest BCUT2D eigenvalue weighted by Gasteiger charge is 2.59. The van der Waals surface area contributed by atoms with Gasteiger partial charge in [-0.1, -0.05) is 20.4 Å². The molecule has 15 atom stereocenters. The molecule has 46 heavy (non-hydrogen) atoms. The van der Waals surface area contributed by atoms with Crippen molar-refractivity contribution in [1.82, 2.24) is 30.7 Å². The second kappa shape index (κ2) is 13.5. The summed E-state index contributed by atoms with van der Waals surface area (Å²) >= 11 is 0. The maximum Gasteiger partial charge on any atom is 0.320 e. The van der Waals surface area contributed by atoms with Gasteiger partial charge in [0.2, 0.25) is 5.91 Å². The van der Waals surface area contributed by atoms with Gasteiger partial charge in [0.25, 0.3) is 0 Å². The number of hydrogen-bond acceptors (Lipinski definition) is 8. The molecule has 0 aromatic heterocycles.